The quantitative estimate of drug-likeness (QED) is 0.747. The maximum Gasteiger partial charge on any atom is 0.280 e. The molecule has 1 aromatic heterocycles. The first kappa shape index (κ1) is 20.2. The summed E-state index contributed by atoms with van der Waals surface area (Å²) in [6.45, 7) is 0.924. The molecule has 1 atom stereocenters. The zero-order valence-corrected chi connectivity index (χ0v) is 17.4. The van der Waals surface area contributed by atoms with Gasteiger partial charge in [0.15, 0.2) is 18.0 Å². The second kappa shape index (κ2) is 9.09. The second-order valence-electron chi connectivity index (χ2n) is 7.04. The van der Waals surface area contributed by atoms with Gasteiger partial charge in [-0.3, -0.25) is 4.79 Å². The van der Waals surface area contributed by atoms with Crippen molar-refractivity contribution in [1.29, 1.82) is 5.26 Å². The lowest BCUT2D eigenvalue weighted by atomic mass is 9.96. The molecule has 0 saturated carbocycles. The molecule has 1 unspecified atom stereocenters. The van der Waals surface area contributed by atoms with Crippen LogP contribution in [0.25, 0.3) is 0 Å². The molecule has 1 aliphatic carbocycles. The molecule has 0 aliphatic heterocycles. The van der Waals surface area contributed by atoms with Crippen LogP contribution < -0.4 is 19.7 Å². The highest BCUT2D eigenvalue weighted by Crippen LogP contribution is 2.37. The third kappa shape index (κ3) is 4.29. The van der Waals surface area contributed by atoms with E-state index in [9.17, 15) is 10.1 Å². The van der Waals surface area contributed by atoms with Crippen molar-refractivity contribution in [2.45, 2.75) is 32.2 Å². The average Bonchev–Trinajstić information content (AvgIpc) is 3.04. The molecule has 148 valence electrons. The molecule has 6 nitrogen and oxygen atoms in total. The highest BCUT2D eigenvalue weighted by atomic mass is 32.1. The van der Waals surface area contributed by atoms with Crippen molar-refractivity contribution < 1.29 is 19.2 Å². The monoisotopic (exact) mass is 400 g/mol. The third-order valence-electron chi connectivity index (χ3n) is 4.98. The number of rotatable bonds is 7. The molecule has 2 N–H and O–H groups in total. The van der Waals surface area contributed by atoms with E-state index >= 15 is 0 Å². The van der Waals surface area contributed by atoms with Crippen molar-refractivity contribution in [3.63, 3.8) is 0 Å². The number of methoxy groups -OCH3 is 2. The van der Waals surface area contributed by atoms with Crippen molar-refractivity contribution in [1.82, 2.24) is 0 Å². The van der Waals surface area contributed by atoms with Gasteiger partial charge in [-0.15, -0.1) is 11.3 Å². The number of hydrogen-bond acceptors (Lipinski definition) is 5. The van der Waals surface area contributed by atoms with E-state index in [-0.39, 0.29) is 5.91 Å². The largest absolute Gasteiger partial charge is 0.493 e. The Morgan fingerprint density at radius 3 is 2.79 bits per heavy atom. The number of quaternary nitrogens is 1. The van der Waals surface area contributed by atoms with Crippen molar-refractivity contribution in [3.05, 3.63) is 39.8 Å². The van der Waals surface area contributed by atoms with Crippen LogP contribution in [0.15, 0.2) is 18.2 Å². The SMILES string of the molecule is COc1cccc(C[NH+](C)CC(=O)Nc2sc3c(c2C#N)CCCC3)c1OC. The number of nitrogens with zero attached hydrogens (tertiary/aromatic N) is 1. The van der Waals surface area contributed by atoms with E-state index in [1.165, 1.54) is 4.88 Å². The van der Waals surface area contributed by atoms with E-state index in [0.29, 0.717) is 35.2 Å². The summed E-state index contributed by atoms with van der Waals surface area (Å²) >= 11 is 1.56. The predicted octanol–water partition coefficient (Wildman–Crippen LogP) is 2.17. The number of carbonyl (C=O) groups excluding carboxylic acids is 1. The number of fused-ring (bicyclic) bond motifs is 1. The molecule has 1 aromatic carbocycles. The summed E-state index contributed by atoms with van der Waals surface area (Å²) in [6, 6.07) is 8.03. The van der Waals surface area contributed by atoms with Crippen LogP contribution in [0.2, 0.25) is 0 Å². The van der Waals surface area contributed by atoms with Crippen LogP contribution in [0, 0.1) is 11.3 Å². The van der Waals surface area contributed by atoms with Crippen molar-refractivity contribution >= 4 is 22.2 Å². The minimum absolute atomic E-state index is 0.0885. The topological polar surface area (TPSA) is 75.8 Å². The minimum Gasteiger partial charge on any atom is -0.493 e. The third-order valence-corrected chi connectivity index (χ3v) is 6.18. The molecular weight excluding hydrogens is 374 g/mol. The number of nitrogens with one attached hydrogen (secondary N) is 2. The summed E-state index contributed by atoms with van der Waals surface area (Å²) in [4.78, 5) is 14.8. The fourth-order valence-electron chi connectivity index (χ4n) is 3.70. The fraction of sp³-hybridized carbons (Fsp3) is 0.429. The molecule has 0 bridgehead atoms. The summed E-state index contributed by atoms with van der Waals surface area (Å²) < 4.78 is 10.8. The summed E-state index contributed by atoms with van der Waals surface area (Å²) in [5, 5.41) is 13.2. The highest BCUT2D eigenvalue weighted by Gasteiger charge is 2.23. The smallest absolute Gasteiger partial charge is 0.280 e. The van der Waals surface area contributed by atoms with Gasteiger partial charge in [0.1, 0.15) is 17.6 Å². The first-order valence-corrected chi connectivity index (χ1v) is 10.2. The van der Waals surface area contributed by atoms with Gasteiger partial charge in [0.2, 0.25) is 0 Å². The van der Waals surface area contributed by atoms with Crippen LogP contribution >= 0.6 is 11.3 Å². The zero-order valence-electron chi connectivity index (χ0n) is 16.6. The Morgan fingerprint density at radius 1 is 1.29 bits per heavy atom. The van der Waals surface area contributed by atoms with Gasteiger partial charge < -0.3 is 19.7 Å². The molecule has 7 heteroatoms. The molecule has 3 rings (SSSR count). The Morgan fingerprint density at radius 2 is 2.07 bits per heavy atom. The van der Waals surface area contributed by atoms with E-state index in [1.54, 1.807) is 25.6 Å². The fourth-order valence-corrected chi connectivity index (χ4v) is 4.95. The van der Waals surface area contributed by atoms with Gasteiger partial charge in [-0.1, -0.05) is 6.07 Å². The summed E-state index contributed by atoms with van der Waals surface area (Å²) in [5.41, 5.74) is 2.77. The lowest BCUT2D eigenvalue weighted by Gasteiger charge is -2.17. The zero-order chi connectivity index (χ0) is 20.1. The number of nitriles is 1. The van der Waals surface area contributed by atoms with Crippen LogP contribution in [0.1, 0.15) is 34.4 Å². The molecular formula is C21H26N3O3S+. The molecule has 1 amide bonds. The maximum absolute atomic E-state index is 12.6. The number of hydrogen-bond donors (Lipinski definition) is 2. The van der Waals surface area contributed by atoms with E-state index in [0.717, 1.165) is 41.7 Å². The number of aryl methyl sites for hydroxylation is 1. The van der Waals surface area contributed by atoms with E-state index in [2.05, 4.69) is 11.4 Å². The highest BCUT2D eigenvalue weighted by molar-refractivity contribution is 7.16. The minimum atomic E-state index is -0.0885. The molecule has 0 fully saturated rings. The molecule has 1 aliphatic rings. The summed E-state index contributed by atoms with van der Waals surface area (Å²) in [7, 11) is 5.19. The first-order valence-electron chi connectivity index (χ1n) is 9.43. The van der Waals surface area contributed by atoms with Gasteiger partial charge >= 0.3 is 0 Å². The summed E-state index contributed by atoms with van der Waals surface area (Å²) in [6.07, 6.45) is 4.21. The Bertz CT molecular complexity index is 901. The van der Waals surface area contributed by atoms with Gasteiger partial charge in [-0.25, -0.2) is 0 Å². The lowest BCUT2D eigenvalue weighted by Crippen LogP contribution is -3.08. The number of anilines is 1. The van der Waals surface area contributed by atoms with Crippen LogP contribution in [0.4, 0.5) is 5.00 Å². The number of amides is 1. The standard InChI is InChI=1S/C21H25N3O3S/c1-24(12-14-7-6-9-17(26-2)20(14)27-3)13-19(25)23-21-16(11-22)15-8-4-5-10-18(15)28-21/h6-7,9H,4-5,8,10,12-13H2,1-3H3,(H,23,25)/p+1. The molecule has 0 spiro atoms. The number of likely N-dealkylation sites (N-methyl/N-ethyl adjacent to an activating group) is 1. The number of thiophene rings is 1. The average molecular weight is 401 g/mol. The van der Waals surface area contributed by atoms with E-state index in [1.807, 2.05) is 25.2 Å². The molecule has 0 radical (unpaired) electrons. The van der Waals surface area contributed by atoms with Crippen LogP contribution in [0.5, 0.6) is 11.5 Å². The predicted molar refractivity (Wildman–Crippen MR) is 109 cm³/mol. The van der Waals surface area contributed by atoms with Crippen molar-refractivity contribution in [3.8, 4) is 17.6 Å². The summed E-state index contributed by atoms with van der Waals surface area (Å²) in [5.74, 6) is 1.29. The van der Waals surface area contributed by atoms with Crippen LogP contribution in [-0.4, -0.2) is 33.7 Å². The molecule has 28 heavy (non-hydrogen) atoms. The Labute approximate surface area is 169 Å². The molecule has 2 aromatic rings. The van der Waals surface area contributed by atoms with E-state index in [4.69, 9.17) is 9.47 Å². The van der Waals surface area contributed by atoms with Gasteiger partial charge in [0, 0.05) is 4.88 Å². The van der Waals surface area contributed by atoms with Gasteiger partial charge in [0.05, 0.1) is 32.4 Å². The Hall–Kier alpha value is -2.56. The number of carbonyl (C=O) groups is 1. The maximum atomic E-state index is 12.6. The van der Waals surface area contributed by atoms with Gasteiger partial charge in [-0.2, -0.15) is 5.26 Å². The Balaban J connectivity index is 1.66. The Kier molecular flexibility index (Phi) is 6.55. The normalized spacial score (nSPS) is 13.9. The number of benzene rings is 1. The second-order valence-corrected chi connectivity index (χ2v) is 8.14. The first-order chi connectivity index (χ1) is 13.6. The van der Waals surface area contributed by atoms with Crippen LogP contribution in [-0.2, 0) is 24.2 Å². The molecule has 0 saturated heterocycles. The van der Waals surface area contributed by atoms with Crippen LogP contribution in [0.3, 0.4) is 0 Å². The number of ether oxygens (including phenoxy) is 2. The van der Waals surface area contributed by atoms with Gasteiger partial charge in [-0.05, 0) is 43.4 Å². The lowest BCUT2D eigenvalue weighted by molar-refractivity contribution is -0.885. The molecule has 1 heterocycles. The number of para-hydroxylation sites is 1. The van der Waals surface area contributed by atoms with Gasteiger partial charge in [0.25, 0.3) is 5.91 Å². The van der Waals surface area contributed by atoms with Crippen molar-refractivity contribution in [2.24, 2.45) is 0 Å². The van der Waals surface area contributed by atoms with E-state index < -0.39 is 0 Å². The van der Waals surface area contributed by atoms with Crippen molar-refractivity contribution in [2.75, 3.05) is 33.1 Å².